The second-order valence-corrected chi connectivity index (χ2v) is 4.13. The van der Waals surface area contributed by atoms with Gasteiger partial charge in [0, 0.05) is 6.54 Å². The van der Waals surface area contributed by atoms with E-state index in [9.17, 15) is 13.2 Å². The first kappa shape index (κ1) is 10.8. The molecule has 0 N–H and O–H groups in total. The molecule has 1 nitrogen and oxygen atoms in total. The Morgan fingerprint density at radius 3 is 2.46 bits per heavy atom. The lowest BCUT2D eigenvalue weighted by Crippen LogP contribution is -2.33. The van der Waals surface area contributed by atoms with Gasteiger partial charge in [0.15, 0.2) is 0 Å². The van der Waals surface area contributed by atoms with Crippen LogP contribution in [0.15, 0.2) is 0 Å². The van der Waals surface area contributed by atoms with Crippen molar-refractivity contribution in [1.82, 2.24) is 4.90 Å². The van der Waals surface area contributed by atoms with Crippen molar-refractivity contribution in [2.75, 3.05) is 20.1 Å². The van der Waals surface area contributed by atoms with Crippen LogP contribution in [0.2, 0.25) is 0 Å². The zero-order chi connectivity index (χ0) is 10.1. The monoisotopic (exact) mass is 195 g/mol. The maximum Gasteiger partial charge on any atom is 0.393 e. The van der Waals surface area contributed by atoms with Gasteiger partial charge in [-0.2, -0.15) is 13.2 Å². The van der Waals surface area contributed by atoms with Gasteiger partial charge < -0.3 is 4.90 Å². The van der Waals surface area contributed by atoms with Gasteiger partial charge in [0.2, 0.25) is 0 Å². The lowest BCUT2D eigenvalue weighted by molar-refractivity contribution is -0.180. The van der Waals surface area contributed by atoms with Gasteiger partial charge in [0.25, 0.3) is 0 Å². The molecule has 0 saturated carbocycles. The van der Waals surface area contributed by atoms with Gasteiger partial charge in [-0.15, -0.1) is 0 Å². The normalized spacial score (nSPS) is 33.0. The molecule has 2 unspecified atom stereocenters. The Hall–Kier alpha value is -0.250. The molecule has 0 amide bonds. The van der Waals surface area contributed by atoms with Gasteiger partial charge in [-0.3, -0.25) is 0 Å². The fraction of sp³-hybridized carbons (Fsp3) is 1.00. The van der Waals surface area contributed by atoms with Crippen LogP contribution in [-0.2, 0) is 0 Å². The zero-order valence-electron chi connectivity index (χ0n) is 8.06. The highest BCUT2D eigenvalue weighted by Crippen LogP contribution is 2.34. The fourth-order valence-corrected chi connectivity index (χ4v) is 1.82. The summed E-state index contributed by atoms with van der Waals surface area (Å²) in [6, 6.07) is 0. The molecule has 78 valence electrons. The van der Waals surface area contributed by atoms with E-state index in [4.69, 9.17) is 0 Å². The molecule has 1 aliphatic heterocycles. The van der Waals surface area contributed by atoms with Crippen molar-refractivity contribution in [3.8, 4) is 0 Å². The molecule has 1 fully saturated rings. The highest BCUT2D eigenvalue weighted by Gasteiger charge is 2.41. The van der Waals surface area contributed by atoms with Crippen molar-refractivity contribution in [1.29, 1.82) is 0 Å². The predicted molar refractivity (Wildman–Crippen MR) is 45.4 cm³/mol. The molecule has 0 aromatic heterocycles. The molecule has 4 heteroatoms. The highest BCUT2D eigenvalue weighted by atomic mass is 19.4. The zero-order valence-corrected chi connectivity index (χ0v) is 8.06. The Bertz CT molecular complexity index is 155. The quantitative estimate of drug-likeness (QED) is 0.574. The molecule has 1 heterocycles. The van der Waals surface area contributed by atoms with E-state index in [0.717, 1.165) is 13.0 Å². The summed E-state index contributed by atoms with van der Waals surface area (Å²) in [7, 11) is 1.76. The van der Waals surface area contributed by atoms with Crippen LogP contribution in [-0.4, -0.2) is 31.2 Å². The summed E-state index contributed by atoms with van der Waals surface area (Å²) in [6.45, 7) is 2.85. The Balaban J connectivity index is 2.62. The summed E-state index contributed by atoms with van der Waals surface area (Å²) in [6.07, 6.45) is -2.86. The van der Waals surface area contributed by atoms with E-state index in [1.807, 2.05) is 6.92 Å². The number of rotatable bonds is 0. The summed E-state index contributed by atoms with van der Waals surface area (Å²) < 4.78 is 37.3. The van der Waals surface area contributed by atoms with Crippen molar-refractivity contribution in [3.63, 3.8) is 0 Å². The van der Waals surface area contributed by atoms with E-state index in [1.54, 1.807) is 11.9 Å². The molecule has 0 radical (unpaired) electrons. The van der Waals surface area contributed by atoms with Gasteiger partial charge in [0.1, 0.15) is 0 Å². The average Bonchev–Trinajstić information content (AvgIpc) is 2.12. The predicted octanol–water partition coefficient (Wildman–Crippen LogP) is 2.53. The van der Waals surface area contributed by atoms with Crippen molar-refractivity contribution < 1.29 is 13.2 Å². The van der Waals surface area contributed by atoms with E-state index in [2.05, 4.69) is 0 Å². The molecule has 1 rings (SSSR count). The van der Waals surface area contributed by atoms with Crippen LogP contribution >= 0.6 is 0 Å². The summed E-state index contributed by atoms with van der Waals surface area (Å²) in [5.74, 6) is -0.938. The van der Waals surface area contributed by atoms with Crippen molar-refractivity contribution in [3.05, 3.63) is 0 Å². The third-order valence-electron chi connectivity index (χ3n) is 2.69. The van der Waals surface area contributed by atoms with E-state index in [-0.39, 0.29) is 18.9 Å². The number of nitrogens with zero attached hydrogens (tertiary/aromatic N) is 1. The summed E-state index contributed by atoms with van der Waals surface area (Å²) in [5.41, 5.74) is 0. The Morgan fingerprint density at radius 1 is 1.31 bits per heavy atom. The third kappa shape index (κ3) is 3.18. The van der Waals surface area contributed by atoms with Crippen LogP contribution in [0.5, 0.6) is 0 Å². The first-order valence-electron chi connectivity index (χ1n) is 4.65. The Labute approximate surface area is 76.9 Å². The Morgan fingerprint density at radius 2 is 1.92 bits per heavy atom. The van der Waals surface area contributed by atoms with Gasteiger partial charge >= 0.3 is 6.18 Å². The van der Waals surface area contributed by atoms with E-state index in [0.29, 0.717) is 0 Å². The smallest absolute Gasteiger partial charge is 0.306 e. The topological polar surface area (TPSA) is 3.24 Å². The van der Waals surface area contributed by atoms with Gasteiger partial charge in [-0.1, -0.05) is 6.92 Å². The summed E-state index contributed by atoms with van der Waals surface area (Å²) in [4.78, 5) is 1.78. The minimum atomic E-state index is -4.02. The van der Waals surface area contributed by atoms with Crippen LogP contribution in [0.4, 0.5) is 13.2 Å². The third-order valence-corrected chi connectivity index (χ3v) is 2.69. The maximum absolute atomic E-state index is 12.4. The molecule has 0 aromatic carbocycles. The number of halogens is 3. The number of likely N-dealkylation sites (tertiary alicyclic amines) is 1. The maximum atomic E-state index is 12.4. The minimum absolute atomic E-state index is 0.161. The highest BCUT2D eigenvalue weighted by molar-refractivity contribution is 4.77. The van der Waals surface area contributed by atoms with Gasteiger partial charge in [-0.25, -0.2) is 0 Å². The van der Waals surface area contributed by atoms with Crippen molar-refractivity contribution in [2.45, 2.75) is 25.9 Å². The fourth-order valence-electron chi connectivity index (χ4n) is 1.82. The number of hydrogen-bond acceptors (Lipinski definition) is 1. The van der Waals surface area contributed by atoms with E-state index >= 15 is 0 Å². The summed E-state index contributed by atoms with van der Waals surface area (Å²) in [5, 5.41) is 0. The van der Waals surface area contributed by atoms with Gasteiger partial charge in [-0.05, 0) is 32.4 Å². The molecule has 0 bridgehead atoms. The molecule has 0 aromatic rings. The first-order valence-corrected chi connectivity index (χ1v) is 4.65. The second-order valence-electron chi connectivity index (χ2n) is 4.13. The van der Waals surface area contributed by atoms with E-state index in [1.165, 1.54) is 0 Å². The standard InChI is InChI=1S/C9H16F3N/c1-7-3-4-13(2)6-8(5-7)9(10,11)12/h7-8H,3-6H2,1-2H3. The van der Waals surface area contributed by atoms with Crippen molar-refractivity contribution in [2.24, 2.45) is 11.8 Å². The minimum Gasteiger partial charge on any atom is -0.306 e. The average molecular weight is 195 g/mol. The van der Waals surface area contributed by atoms with Crippen LogP contribution in [0.25, 0.3) is 0 Å². The number of alkyl halides is 3. The molecular weight excluding hydrogens is 179 g/mol. The lowest BCUT2D eigenvalue weighted by atomic mass is 9.95. The number of hydrogen-bond donors (Lipinski definition) is 0. The van der Waals surface area contributed by atoms with Crippen LogP contribution < -0.4 is 0 Å². The molecule has 1 aliphatic rings. The second kappa shape index (κ2) is 3.86. The SMILES string of the molecule is CC1CCN(C)CC(C(F)(F)F)C1. The molecular formula is C9H16F3N. The molecule has 0 aliphatic carbocycles. The molecule has 0 spiro atoms. The van der Waals surface area contributed by atoms with Gasteiger partial charge in [0.05, 0.1) is 5.92 Å². The largest absolute Gasteiger partial charge is 0.393 e. The van der Waals surface area contributed by atoms with Crippen LogP contribution in [0.3, 0.4) is 0 Å². The first-order chi connectivity index (χ1) is 5.89. The van der Waals surface area contributed by atoms with Crippen molar-refractivity contribution >= 4 is 0 Å². The Kier molecular flexibility index (Phi) is 3.22. The van der Waals surface area contributed by atoms with Crippen LogP contribution in [0, 0.1) is 11.8 Å². The summed E-state index contributed by atoms with van der Waals surface area (Å²) >= 11 is 0. The van der Waals surface area contributed by atoms with E-state index < -0.39 is 12.1 Å². The molecule has 2 atom stereocenters. The molecule has 1 saturated heterocycles. The van der Waals surface area contributed by atoms with Crippen LogP contribution in [0.1, 0.15) is 19.8 Å². The lowest BCUT2D eigenvalue weighted by Gasteiger charge is -2.22. The molecule has 13 heavy (non-hydrogen) atoms.